The van der Waals surface area contributed by atoms with Gasteiger partial charge in [0.15, 0.2) is 0 Å². The van der Waals surface area contributed by atoms with Crippen LogP contribution < -0.4 is 0 Å². The van der Waals surface area contributed by atoms with Crippen molar-refractivity contribution in [3.05, 3.63) is 22.3 Å². The standard InChI is InChI=1S/C14H20F2/c1-8-7-9(2)11-10(8)12(3,4)14(15,16)13(11,5)6/h7H2,1-6H3. The Kier molecular flexibility index (Phi) is 2.05. The van der Waals surface area contributed by atoms with Gasteiger partial charge in [-0.15, -0.1) is 0 Å². The van der Waals surface area contributed by atoms with Gasteiger partial charge in [-0.25, -0.2) is 8.78 Å². The van der Waals surface area contributed by atoms with E-state index >= 15 is 0 Å². The van der Waals surface area contributed by atoms with E-state index in [-0.39, 0.29) is 0 Å². The molecular weight excluding hydrogens is 206 g/mol. The molecule has 16 heavy (non-hydrogen) atoms. The summed E-state index contributed by atoms with van der Waals surface area (Å²) in [6.45, 7) is 10.7. The van der Waals surface area contributed by atoms with Gasteiger partial charge in [0.25, 0.3) is 5.92 Å². The molecule has 0 radical (unpaired) electrons. The van der Waals surface area contributed by atoms with Crippen LogP contribution in [0.4, 0.5) is 8.78 Å². The van der Waals surface area contributed by atoms with Crippen molar-refractivity contribution in [1.82, 2.24) is 0 Å². The van der Waals surface area contributed by atoms with Crippen molar-refractivity contribution in [2.75, 3.05) is 0 Å². The lowest BCUT2D eigenvalue weighted by atomic mass is 9.77. The topological polar surface area (TPSA) is 0 Å². The summed E-state index contributed by atoms with van der Waals surface area (Å²) >= 11 is 0. The summed E-state index contributed by atoms with van der Waals surface area (Å²) in [7, 11) is 0. The Balaban J connectivity index is 2.79. The predicted molar refractivity (Wildman–Crippen MR) is 62.5 cm³/mol. The molecule has 0 nitrogen and oxygen atoms in total. The highest BCUT2D eigenvalue weighted by molar-refractivity contribution is 5.58. The number of rotatable bonds is 0. The largest absolute Gasteiger partial charge is 0.266 e. The SMILES string of the molecule is CC1=C2C(=C(C)C1)C(C)(C)C(F)(F)C2(C)C. The minimum atomic E-state index is -2.67. The molecule has 0 amide bonds. The van der Waals surface area contributed by atoms with E-state index in [1.54, 1.807) is 27.7 Å². The molecule has 1 saturated carbocycles. The molecule has 0 atom stereocenters. The molecule has 2 aliphatic carbocycles. The molecule has 0 N–H and O–H groups in total. The molecule has 1 fully saturated rings. The van der Waals surface area contributed by atoms with Crippen LogP contribution in [0.15, 0.2) is 22.3 Å². The van der Waals surface area contributed by atoms with Gasteiger partial charge >= 0.3 is 0 Å². The maximum Gasteiger partial charge on any atom is 0.266 e. The van der Waals surface area contributed by atoms with Crippen LogP contribution in [0.3, 0.4) is 0 Å². The van der Waals surface area contributed by atoms with Gasteiger partial charge in [-0.3, -0.25) is 0 Å². The molecule has 0 aromatic heterocycles. The average Bonchev–Trinajstić information content (AvgIpc) is 2.44. The van der Waals surface area contributed by atoms with Crippen molar-refractivity contribution in [2.45, 2.75) is 53.9 Å². The second kappa shape index (κ2) is 2.77. The Hall–Kier alpha value is -0.660. The third-order valence-corrected chi connectivity index (χ3v) is 4.45. The summed E-state index contributed by atoms with van der Waals surface area (Å²) in [6.07, 6.45) is 0.869. The van der Waals surface area contributed by atoms with Gasteiger partial charge in [-0.2, -0.15) is 0 Å². The molecule has 2 heteroatoms. The first-order chi connectivity index (χ1) is 7.05. The molecule has 0 unspecified atom stereocenters. The van der Waals surface area contributed by atoms with E-state index in [0.717, 1.165) is 28.7 Å². The molecule has 2 aliphatic rings. The molecule has 2 rings (SSSR count). The molecule has 0 aromatic carbocycles. The molecule has 0 aliphatic heterocycles. The van der Waals surface area contributed by atoms with Gasteiger partial charge in [0.05, 0.1) is 10.8 Å². The highest BCUT2D eigenvalue weighted by Gasteiger charge is 2.68. The van der Waals surface area contributed by atoms with Gasteiger partial charge in [0.1, 0.15) is 0 Å². The zero-order chi connectivity index (χ0) is 12.5. The summed E-state index contributed by atoms with van der Waals surface area (Å²) in [5.74, 6) is -2.67. The van der Waals surface area contributed by atoms with E-state index in [2.05, 4.69) is 0 Å². The van der Waals surface area contributed by atoms with Gasteiger partial charge in [-0.1, -0.05) is 11.1 Å². The summed E-state index contributed by atoms with van der Waals surface area (Å²) in [6, 6.07) is 0. The fraction of sp³-hybridized carbons (Fsp3) is 0.714. The van der Waals surface area contributed by atoms with Crippen LogP contribution in [0, 0.1) is 10.8 Å². The van der Waals surface area contributed by atoms with Crippen molar-refractivity contribution >= 4 is 0 Å². The van der Waals surface area contributed by atoms with Gasteiger partial charge < -0.3 is 0 Å². The Labute approximate surface area is 96.4 Å². The van der Waals surface area contributed by atoms with E-state index in [1.807, 2.05) is 13.8 Å². The Morgan fingerprint density at radius 1 is 0.812 bits per heavy atom. The van der Waals surface area contributed by atoms with Crippen molar-refractivity contribution < 1.29 is 8.78 Å². The Morgan fingerprint density at radius 3 is 1.44 bits per heavy atom. The maximum absolute atomic E-state index is 14.5. The minimum absolute atomic E-state index is 0.869. The second-order valence-corrected chi connectivity index (χ2v) is 6.31. The molecule has 0 aromatic rings. The van der Waals surface area contributed by atoms with Crippen molar-refractivity contribution in [3.63, 3.8) is 0 Å². The third kappa shape index (κ3) is 0.988. The maximum atomic E-state index is 14.5. The summed E-state index contributed by atoms with van der Waals surface area (Å²) in [5.41, 5.74) is 2.02. The lowest BCUT2D eigenvalue weighted by Crippen LogP contribution is -2.42. The van der Waals surface area contributed by atoms with Crippen LogP contribution in [0.25, 0.3) is 0 Å². The van der Waals surface area contributed by atoms with Crippen LogP contribution in [0.5, 0.6) is 0 Å². The highest BCUT2D eigenvalue weighted by atomic mass is 19.3. The van der Waals surface area contributed by atoms with Gasteiger partial charge in [0, 0.05) is 0 Å². The van der Waals surface area contributed by atoms with E-state index < -0.39 is 16.8 Å². The van der Waals surface area contributed by atoms with Crippen molar-refractivity contribution in [3.8, 4) is 0 Å². The monoisotopic (exact) mass is 226 g/mol. The number of hydrogen-bond donors (Lipinski definition) is 0. The van der Waals surface area contributed by atoms with E-state index in [0.29, 0.717) is 0 Å². The zero-order valence-corrected chi connectivity index (χ0v) is 11.0. The lowest BCUT2D eigenvalue weighted by Gasteiger charge is -2.35. The first-order valence-corrected chi connectivity index (χ1v) is 5.84. The number of allylic oxidation sites excluding steroid dienone is 4. The summed E-state index contributed by atoms with van der Waals surface area (Å²) in [5, 5.41) is 0. The van der Waals surface area contributed by atoms with Gasteiger partial charge in [-0.05, 0) is 59.1 Å². The quantitative estimate of drug-likeness (QED) is 0.560. The first-order valence-electron chi connectivity index (χ1n) is 5.84. The smallest absolute Gasteiger partial charge is 0.205 e. The fourth-order valence-electron chi connectivity index (χ4n) is 3.79. The molecule has 0 saturated heterocycles. The van der Waals surface area contributed by atoms with Crippen LogP contribution in [0.1, 0.15) is 48.0 Å². The Morgan fingerprint density at radius 2 is 1.12 bits per heavy atom. The number of alkyl halides is 2. The lowest BCUT2D eigenvalue weighted by molar-refractivity contribution is -0.135. The molecule has 0 spiro atoms. The van der Waals surface area contributed by atoms with E-state index in [1.165, 1.54) is 0 Å². The number of halogens is 2. The third-order valence-electron chi connectivity index (χ3n) is 4.45. The first kappa shape index (κ1) is 11.8. The van der Waals surface area contributed by atoms with Crippen molar-refractivity contribution in [2.24, 2.45) is 10.8 Å². The van der Waals surface area contributed by atoms with Gasteiger partial charge in [0.2, 0.25) is 0 Å². The predicted octanol–water partition coefficient (Wildman–Crippen LogP) is 4.72. The van der Waals surface area contributed by atoms with Crippen LogP contribution in [-0.4, -0.2) is 5.92 Å². The number of fused-ring (bicyclic) bond motifs is 1. The van der Waals surface area contributed by atoms with Crippen molar-refractivity contribution in [1.29, 1.82) is 0 Å². The van der Waals surface area contributed by atoms with Crippen LogP contribution in [0.2, 0.25) is 0 Å². The summed E-state index contributed by atoms with van der Waals surface area (Å²) in [4.78, 5) is 0. The van der Waals surface area contributed by atoms with E-state index in [4.69, 9.17) is 0 Å². The molecular formula is C14H20F2. The zero-order valence-electron chi connectivity index (χ0n) is 11.0. The Bertz CT molecular complexity index is 382. The molecule has 90 valence electrons. The second-order valence-electron chi connectivity index (χ2n) is 6.31. The molecule has 0 bridgehead atoms. The average molecular weight is 226 g/mol. The fourth-order valence-corrected chi connectivity index (χ4v) is 3.79. The van der Waals surface area contributed by atoms with Crippen LogP contribution >= 0.6 is 0 Å². The van der Waals surface area contributed by atoms with Crippen LogP contribution in [-0.2, 0) is 0 Å². The summed E-state index contributed by atoms with van der Waals surface area (Å²) < 4.78 is 29.0. The minimum Gasteiger partial charge on any atom is -0.205 e. The molecule has 0 heterocycles. The normalized spacial score (nSPS) is 30.0. The highest BCUT2D eigenvalue weighted by Crippen LogP contribution is 2.68. The van der Waals surface area contributed by atoms with E-state index in [9.17, 15) is 8.78 Å². The number of hydrogen-bond acceptors (Lipinski definition) is 0.